The van der Waals surface area contributed by atoms with E-state index >= 15 is 0 Å². The third-order valence-electron chi connectivity index (χ3n) is 21.8. The largest absolute Gasteiger partial charge is 0.368 e. The van der Waals surface area contributed by atoms with Gasteiger partial charge in [0, 0.05) is 35.6 Å². The molecule has 4 spiro atoms. The van der Waals surface area contributed by atoms with Gasteiger partial charge in [0.2, 0.25) is 0 Å². The zero-order valence-electron chi connectivity index (χ0n) is 40.6. The molecule has 4 aromatic rings. The number of nitrogens with one attached hydrogen (secondary N) is 2. The topological polar surface area (TPSA) is 68.3 Å². The molecule has 6 heteroatoms. The first-order chi connectivity index (χ1) is 32.1. The number of aromatic nitrogens is 2. The van der Waals surface area contributed by atoms with Crippen LogP contribution < -0.4 is 10.6 Å². The number of hydrogen-bond acceptors (Lipinski definition) is 6. The summed E-state index contributed by atoms with van der Waals surface area (Å²) in [4.78, 5) is 8.78. The normalized spacial score (nSPS) is 43.6. The molecule has 2 aromatic carbocycles. The SMILES string of the molecule is CNC[C@@H]1CCC2=CC3=CC[C@]4(C)[C@@H](c5ccc6ccncc6c5)CC[C@H]4[C@@]34CC[C@]2(C1)O4.CNC[C@@H]1CCC2CC3CC[C@]4(C)[C@@H](c5ccc6ccncc6c5)CC[C@H]4[C@@]34CC[C@]2(C1)O4. The summed E-state index contributed by atoms with van der Waals surface area (Å²) < 4.78 is 15.0. The molecule has 6 nitrogen and oxygen atoms in total. The summed E-state index contributed by atoms with van der Waals surface area (Å²) in [6, 6.07) is 18.5. The molecule has 0 amide bonds. The van der Waals surface area contributed by atoms with Gasteiger partial charge >= 0.3 is 0 Å². The van der Waals surface area contributed by atoms with Gasteiger partial charge in [-0.25, -0.2) is 0 Å². The molecule has 66 heavy (non-hydrogen) atoms. The van der Waals surface area contributed by atoms with Crippen molar-refractivity contribution in [3.05, 3.63) is 108 Å². The molecular formula is C60H76N4O2. The highest BCUT2D eigenvalue weighted by Crippen LogP contribution is 2.73. The lowest BCUT2D eigenvalue weighted by molar-refractivity contribution is -0.260. The van der Waals surface area contributed by atoms with Crippen molar-refractivity contribution in [2.24, 2.45) is 46.3 Å². The van der Waals surface area contributed by atoms with Crippen LogP contribution in [0.2, 0.25) is 0 Å². The van der Waals surface area contributed by atoms with Crippen LogP contribution in [-0.4, -0.2) is 59.6 Å². The third-order valence-corrected chi connectivity index (χ3v) is 21.8. The summed E-state index contributed by atoms with van der Waals surface area (Å²) in [7, 11) is 4.21. The summed E-state index contributed by atoms with van der Waals surface area (Å²) in [5.74, 6) is 5.75. The zero-order chi connectivity index (χ0) is 44.5. The van der Waals surface area contributed by atoms with E-state index in [9.17, 15) is 0 Å². The number of allylic oxidation sites excluding steroid dienone is 1. The van der Waals surface area contributed by atoms with Gasteiger partial charge in [0.1, 0.15) is 0 Å². The van der Waals surface area contributed by atoms with Gasteiger partial charge < -0.3 is 20.1 Å². The molecule has 6 heterocycles. The molecule has 2 unspecified atom stereocenters. The standard InChI is InChI=1S/C30H40N2O.C30H36N2O/c2*1-28-11-9-25-16-24-6-3-20(18-31-2)17-29(24)12-13-30(25,33-29)27(28)8-7-26(28)22-5-4-21-10-14-32-19-23(21)15-22/h4-5,10,14-15,19-20,24-27,31H,3,6-9,11-13,16-18H2,1-2H3;4-5,9-10,14-16,19-20,26-27,31H,3,6-8,11-13,17-18H2,1-2H3/t20-,24?,25?,26-,27-,28-,29-,30-;20-,26-,27-,28-,29-,30-/m11/s1. The molecule has 2 aromatic heterocycles. The quantitative estimate of drug-likeness (QED) is 0.201. The Kier molecular flexibility index (Phi) is 10.0. The summed E-state index contributed by atoms with van der Waals surface area (Å²) in [6.07, 6.45) is 36.6. The van der Waals surface area contributed by atoms with Gasteiger partial charge in [0.15, 0.2) is 0 Å². The van der Waals surface area contributed by atoms with E-state index in [2.05, 4.69) is 109 Å². The van der Waals surface area contributed by atoms with Crippen molar-refractivity contribution in [3.8, 4) is 0 Å². The monoisotopic (exact) mass is 885 g/mol. The van der Waals surface area contributed by atoms with Crippen molar-refractivity contribution in [2.45, 2.75) is 164 Å². The Labute approximate surface area is 395 Å². The van der Waals surface area contributed by atoms with Crippen LogP contribution in [0.3, 0.4) is 0 Å². The van der Waals surface area contributed by atoms with Crippen molar-refractivity contribution < 1.29 is 9.47 Å². The lowest BCUT2D eigenvalue weighted by Gasteiger charge is -2.61. The molecular weight excluding hydrogens is 809 g/mol. The smallest absolute Gasteiger partial charge is 0.0974 e. The Bertz CT molecular complexity index is 2600. The van der Waals surface area contributed by atoms with Crippen LogP contribution in [0, 0.1) is 46.3 Å². The Hall–Kier alpha value is -3.42. The molecule has 4 aliphatic heterocycles. The second-order valence-corrected chi connectivity index (χ2v) is 24.5. The number of ether oxygens (including phenoxy) is 2. The van der Waals surface area contributed by atoms with Crippen molar-refractivity contribution >= 4 is 21.5 Å². The van der Waals surface area contributed by atoms with Crippen molar-refractivity contribution in [1.29, 1.82) is 0 Å². The van der Waals surface area contributed by atoms with Crippen LogP contribution in [0.15, 0.2) is 96.6 Å². The Morgan fingerprint density at radius 1 is 0.621 bits per heavy atom. The second-order valence-electron chi connectivity index (χ2n) is 24.5. The van der Waals surface area contributed by atoms with E-state index in [4.69, 9.17) is 9.47 Å². The first-order valence-electron chi connectivity index (χ1n) is 26.9. The van der Waals surface area contributed by atoms with Crippen molar-refractivity contribution in [3.63, 3.8) is 0 Å². The van der Waals surface area contributed by atoms with Crippen LogP contribution in [0.5, 0.6) is 0 Å². The molecule has 6 aliphatic carbocycles. The van der Waals surface area contributed by atoms with Gasteiger partial charge in [0.25, 0.3) is 0 Å². The molecule has 14 atom stereocenters. The summed E-state index contributed by atoms with van der Waals surface area (Å²) in [5.41, 5.74) is 7.13. The highest BCUT2D eigenvalue weighted by molar-refractivity contribution is 5.83. The van der Waals surface area contributed by atoms with Gasteiger partial charge in [0.05, 0.1) is 22.4 Å². The number of rotatable bonds is 6. The van der Waals surface area contributed by atoms with Gasteiger partial charge in [-0.1, -0.05) is 50.3 Å². The minimum atomic E-state index is -0.0504. The van der Waals surface area contributed by atoms with E-state index in [-0.39, 0.29) is 27.8 Å². The molecule has 14 rings (SSSR count). The highest BCUT2D eigenvalue weighted by atomic mass is 16.5. The average molecular weight is 885 g/mol. The van der Waals surface area contributed by atoms with Crippen LogP contribution in [0.1, 0.15) is 152 Å². The average Bonchev–Trinajstić information content (AvgIpc) is 4.06. The zero-order valence-corrected chi connectivity index (χ0v) is 40.6. The molecule has 4 bridgehead atoms. The second kappa shape index (κ2) is 15.5. The van der Waals surface area contributed by atoms with E-state index in [1.54, 1.807) is 11.1 Å². The predicted octanol–water partition coefficient (Wildman–Crippen LogP) is 12.8. The Morgan fingerprint density at radius 2 is 1.32 bits per heavy atom. The van der Waals surface area contributed by atoms with Crippen molar-refractivity contribution in [2.75, 3.05) is 27.2 Å². The maximum Gasteiger partial charge on any atom is 0.0974 e. The number of hydrogen-bond donors (Lipinski definition) is 2. The molecule has 8 fully saturated rings. The lowest BCUT2D eigenvalue weighted by atomic mass is 9.53. The van der Waals surface area contributed by atoms with Gasteiger partial charge in [-0.3, -0.25) is 9.97 Å². The summed E-state index contributed by atoms with van der Waals surface area (Å²) >= 11 is 0. The third kappa shape index (κ3) is 6.18. The van der Waals surface area contributed by atoms with E-state index in [0.717, 1.165) is 42.7 Å². The maximum atomic E-state index is 7.55. The molecule has 0 radical (unpaired) electrons. The van der Waals surface area contributed by atoms with Crippen LogP contribution in [0.4, 0.5) is 0 Å². The maximum absolute atomic E-state index is 7.55. The van der Waals surface area contributed by atoms with Crippen LogP contribution in [-0.2, 0) is 9.47 Å². The minimum Gasteiger partial charge on any atom is -0.368 e. The van der Waals surface area contributed by atoms with E-state index < -0.39 is 0 Å². The van der Waals surface area contributed by atoms with Crippen LogP contribution >= 0.6 is 0 Å². The fraction of sp³-hybridized carbons (Fsp3) is 0.633. The molecule has 10 aliphatic rings. The Balaban J connectivity index is 0.000000132. The van der Waals surface area contributed by atoms with Crippen molar-refractivity contribution in [1.82, 2.24) is 20.6 Å². The molecule has 348 valence electrons. The fourth-order valence-corrected chi connectivity index (χ4v) is 18.9. The van der Waals surface area contributed by atoms with Gasteiger partial charge in [-0.05, 0) is 258 Å². The lowest BCUT2D eigenvalue weighted by Crippen LogP contribution is -2.61. The number of fused-ring (bicyclic) bond motifs is 4. The number of nitrogens with zero attached hydrogens (tertiary/aromatic N) is 2. The highest BCUT2D eigenvalue weighted by Gasteiger charge is 2.71. The number of benzene rings is 2. The molecule has 5 saturated carbocycles. The van der Waals surface area contributed by atoms with E-state index in [0.29, 0.717) is 23.2 Å². The van der Waals surface area contributed by atoms with E-state index in [1.807, 2.05) is 24.8 Å². The Morgan fingerprint density at radius 3 is 2.05 bits per heavy atom. The fourth-order valence-electron chi connectivity index (χ4n) is 18.9. The van der Waals surface area contributed by atoms with E-state index in [1.165, 1.54) is 148 Å². The number of pyridine rings is 2. The first kappa shape index (κ1) is 42.7. The van der Waals surface area contributed by atoms with Gasteiger partial charge in [-0.2, -0.15) is 0 Å². The predicted molar refractivity (Wildman–Crippen MR) is 266 cm³/mol. The molecule has 2 N–H and O–H groups in total. The minimum absolute atomic E-state index is 0.0159. The molecule has 3 saturated heterocycles. The van der Waals surface area contributed by atoms with Gasteiger partial charge in [-0.15, -0.1) is 0 Å². The van der Waals surface area contributed by atoms with Crippen LogP contribution in [0.25, 0.3) is 21.5 Å². The first-order valence-corrected chi connectivity index (χ1v) is 26.9. The summed E-state index contributed by atoms with van der Waals surface area (Å²) in [5, 5.41) is 12.1. The summed E-state index contributed by atoms with van der Waals surface area (Å²) in [6.45, 7) is 7.49.